The third-order valence-electron chi connectivity index (χ3n) is 5.53. The smallest absolute Gasteiger partial charge is 0.248 e. The first-order valence-electron chi connectivity index (χ1n) is 9.37. The second kappa shape index (κ2) is 7.53. The molecule has 140 valence electrons. The molecule has 1 unspecified atom stereocenters. The minimum absolute atomic E-state index is 0.00447. The second-order valence-corrected chi connectivity index (χ2v) is 7.34. The van der Waals surface area contributed by atoms with Crippen LogP contribution in [0.3, 0.4) is 0 Å². The Labute approximate surface area is 159 Å². The molecule has 0 aromatic heterocycles. The molecule has 5 heteroatoms. The molecule has 0 fully saturated rings. The molecule has 0 radical (unpaired) electrons. The van der Waals surface area contributed by atoms with Gasteiger partial charge in [0.25, 0.3) is 0 Å². The van der Waals surface area contributed by atoms with Crippen molar-refractivity contribution in [1.29, 1.82) is 0 Å². The molecule has 0 saturated heterocycles. The van der Waals surface area contributed by atoms with Gasteiger partial charge in [-0.05, 0) is 35.1 Å². The zero-order chi connectivity index (χ0) is 18.8. The number of fused-ring (bicyclic) bond motifs is 2. The maximum atomic E-state index is 13.1. The van der Waals surface area contributed by atoms with Crippen molar-refractivity contribution in [2.24, 2.45) is 0 Å². The summed E-state index contributed by atoms with van der Waals surface area (Å²) in [4.78, 5) is 27.2. The van der Waals surface area contributed by atoms with Crippen molar-refractivity contribution in [1.82, 2.24) is 10.2 Å². The van der Waals surface area contributed by atoms with E-state index in [-0.39, 0.29) is 30.4 Å². The van der Waals surface area contributed by atoms with Crippen LogP contribution in [0.2, 0.25) is 0 Å². The van der Waals surface area contributed by atoms with Crippen LogP contribution in [0.25, 0.3) is 0 Å². The zero-order valence-electron chi connectivity index (χ0n) is 15.5. The largest absolute Gasteiger partial charge is 0.375 e. The van der Waals surface area contributed by atoms with Crippen LogP contribution in [-0.2, 0) is 33.7 Å². The summed E-state index contributed by atoms with van der Waals surface area (Å²) in [5.74, 6) is -0.437. The molecule has 2 amide bonds. The predicted molar refractivity (Wildman–Crippen MR) is 102 cm³/mol. The number of hydrogen-bond donors (Lipinski definition) is 1. The van der Waals surface area contributed by atoms with Crippen molar-refractivity contribution in [3.8, 4) is 0 Å². The summed E-state index contributed by atoms with van der Waals surface area (Å²) < 4.78 is 4.99. The van der Waals surface area contributed by atoms with Gasteiger partial charge in [0, 0.05) is 26.2 Å². The Morgan fingerprint density at radius 3 is 2.33 bits per heavy atom. The number of rotatable bonds is 4. The summed E-state index contributed by atoms with van der Waals surface area (Å²) in [6.45, 7) is 0.955. The molecular formula is C22H24N2O3. The van der Waals surface area contributed by atoms with Crippen LogP contribution in [-0.4, -0.2) is 43.0 Å². The first-order chi connectivity index (χ1) is 13.2. The molecule has 1 atom stereocenters. The second-order valence-electron chi connectivity index (χ2n) is 7.34. The van der Waals surface area contributed by atoms with Gasteiger partial charge in [0.15, 0.2) is 0 Å². The Hall–Kier alpha value is -2.66. The molecule has 2 aromatic carbocycles. The Balaban J connectivity index is 1.51. The molecule has 4 rings (SSSR count). The highest BCUT2D eigenvalue weighted by Crippen LogP contribution is 2.29. The van der Waals surface area contributed by atoms with Gasteiger partial charge in [0.2, 0.25) is 11.8 Å². The zero-order valence-corrected chi connectivity index (χ0v) is 15.5. The van der Waals surface area contributed by atoms with E-state index in [1.165, 1.54) is 18.2 Å². The normalized spacial score (nSPS) is 18.7. The summed E-state index contributed by atoms with van der Waals surface area (Å²) in [6.07, 6.45) is 1.73. The van der Waals surface area contributed by atoms with E-state index in [4.69, 9.17) is 4.74 Å². The summed E-state index contributed by atoms with van der Waals surface area (Å²) in [5, 5.41) is 3.22. The van der Waals surface area contributed by atoms with Crippen LogP contribution in [0, 0.1) is 0 Å². The Kier molecular flexibility index (Phi) is 4.94. The van der Waals surface area contributed by atoms with Gasteiger partial charge in [-0.1, -0.05) is 48.5 Å². The summed E-state index contributed by atoms with van der Waals surface area (Å²) in [5.41, 5.74) is 4.67. The Bertz CT molecular complexity index is 839. The average molecular weight is 364 g/mol. The minimum atomic E-state index is -0.348. The fraction of sp³-hybridized carbons (Fsp3) is 0.364. The summed E-state index contributed by atoms with van der Waals surface area (Å²) >= 11 is 0. The van der Waals surface area contributed by atoms with Crippen molar-refractivity contribution >= 4 is 11.8 Å². The van der Waals surface area contributed by atoms with E-state index < -0.39 is 0 Å². The van der Waals surface area contributed by atoms with Crippen molar-refractivity contribution in [3.05, 3.63) is 70.8 Å². The molecule has 1 heterocycles. The molecule has 1 aliphatic carbocycles. The lowest BCUT2D eigenvalue weighted by molar-refractivity contribution is -0.137. The molecule has 0 saturated carbocycles. The van der Waals surface area contributed by atoms with E-state index in [1.54, 1.807) is 4.90 Å². The van der Waals surface area contributed by atoms with Gasteiger partial charge in [-0.2, -0.15) is 0 Å². The fourth-order valence-corrected chi connectivity index (χ4v) is 4.20. The minimum Gasteiger partial charge on any atom is -0.375 e. The molecule has 27 heavy (non-hydrogen) atoms. The lowest BCUT2D eigenvalue weighted by Crippen LogP contribution is -2.47. The lowest BCUT2D eigenvalue weighted by Gasteiger charge is -2.34. The fourth-order valence-electron chi connectivity index (χ4n) is 4.20. The molecule has 2 aliphatic rings. The molecule has 2 aromatic rings. The van der Waals surface area contributed by atoms with Gasteiger partial charge in [0.05, 0.1) is 5.92 Å². The van der Waals surface area contributed by atoms with Crippen LogP contribution in [0.5, 0.6) is 0 Å². The van der Waals surface area contributed by atoms with Crippen LogP contribution >= 0.6 is 0 Å². The van der Waals surface area contributed by atoms with E-state index in [9.17, 15) is 9.59 Å². The number of amides is 2. The molecule has 0 bridgehead atoms. The highest BCUT2D eigenvalue weighted by molar-refractivity contribution is 5.87. The lowest BCUT2D eigenvalue weighted by atomic mass is 9.88. The quantitative estimate of drug-likeness (QED) is 0.903. The Morgan fingerprint density at radius 2 is 1.67 bits per heavy atom. The number of carbonyl (C=O) groups is 2. The summed E-state index contributed by atoms with van der Waals surface area (Å²) in [7, 11) is 1.51. The van der Waals surface area contributed by atoms with Gasteiger partial charge < -0.3 is 15.0 Å². The van der Waals surface area contributed by atoms with Gasteiger partial charge in [-0.15, -0.1) is 0 Å². The number of nitrogens with zero attached hydrogens (tertiary/aromatic N) is 1. The maximum Gasteiger partial charge on any atom is 0.248 e. The first kappa shape index (κ1) is 17.7. The number of nitrogens with one attached hydrogen (secondary N) is 1. The van der Waals surface area contributed by atoms with Gasteiger partial charge >= 0.3 is 0 Å². The first-order valence-corrected chi connectivity index (χ1v) is 9.37. The standard InChI is InChI=1S/C22H24N2O3/c1-27-14-21(25)24-12-17-8-4-5-9-19(17)20(13-24)22(26)23-18-10-15-6-2-3-7-16(15)11-18/h2-9,18,20H,10-14H2,1H3,(H,23,26). The molecule has 1 aliphatic heterocycles. The van der Waals surface area contributed by atoms with E-state index in [1.807, 2.05) is 36.4 Å². The van der Waals surface area contributed by atoms with Gasteiger partial charge in [0.1, 0.15) is 6.61 Å². The molecule has 0 spiro atoms. The van der Waals surface area contributed by atoms with E-state index in [2.05, 4.69) is 17.4 Å². The number of benzene rings is 2. The molecular weight excluding hydrogens is 340 g/mol. The van der Waals surface area contributed by atoms with Crippen molar-refractivity contribution < 1.29 is 14.3 Å². The topological polar surface area (TPSA) is 58.6 Å². The molecule has 1 N–H and O–H groups in total. The number of methoxy groups -OCH3 is 1. The van der Waals surface area contributed by atoms with Gasteiger partial charge in [-0.3, -0.25) is 9.59 Å². The SMILES string of the molecule is COCC(=O)N1Cc2ccccc2C(C(=O)NC2Cc3ccccc3C2)C1. The van der Waals surface area contributed by atoms with Crippen LogP contribution in [0.1, 0.15) is 28.2 Å². The number of hydrogen-bond acceptors (Lipinski definition) is 3. The van der Waals surface area contributed by atoms with E-state index >= 15 is 0 Å². The third-order valence-corrected chi connectivity index (χ3v) is 5.53. The van der Waals surface area contributed by atoms with Crippen LogP contribution in [0.4, 0.5) is 0 Å². The Morgan fingerprint density at radius 1 is 1.04 bits per heavy atom. The van der Waals surface area contributed by atoms with E-state index in [0.717, 1.165) is 24.0 Å². The maximum absolute atomic E-state index is 13.1. The average Bonchev–Trinajstić information content (AvgIpc) is 3.09. The van der Waals surface area contributed by atoms with Crippen LogP contribution < -0.4 is 5.32 Å². The van der Waals surface area contributed by atoms with Crippen molar-refractivity contribution in [2.45, 2.75) is 31.3 Å². The third kappa shape index (κ3) is 3.60. The van der Waals surface area contributed by atoms with Crippen molar-refractivity contribution in [3.63, 3.8) is 0 Å². The van der Waals surface area contributed by atoms with E-state index in [0.29, 0.717) is 13.1 Å². The highest BCUT2D eigenvalue weighted by Gasteiger charge is 2.34. The number of ether oxygens (including phenoxy) is 1. The predicted octanol–water partition coefficient (Wildman–Crippen LogP) is 2.04. The number of carbonyl (C=O) groups excluding carboxylic acids is 2. The van der Waals surface area contributed by atoms with Crippen molar-refractivity contribution in [2.75, 3.05) is 20.3 Å². The van der Waals surface area contributed by atoms with Gasteiger partial charge in [-0.25, -0.2) is 0 Å². The monoisotopic (exact) mass is 364 g/mol. The summed E-state index contributed by atoms with van der Waals surface area (Å²) in [6, 6.07) is 16.4. The highest BCUT2D eigenvalue weighted by atomic mass is 16.5. The van der Waals surface area contributed by atoms with Crippen LogP contribution in [0.15, 0.2) is 48.5 Å². The molecule has 5 nitrogen and oxygen atoms in total.